The molecule has 5 nitrogen and oxygen atoms in total. The van der Waals surface area contributed by atoms with Crippen LogP contribution in [0.15, 0.2) is 78.4 Å². The summed E-state index contributed by atoms with van der Waals surface area (Å²) in [4.78, 5) is 26.9. The topological polar surface area (TPSA) is 66.8 Å². The highest BCUT2D eigenvalue weighted by Crippen LogP contribution is 2.43. The fourth-order valence-corrected chi connectivity index (χ4v) is 3.82. The van der Waals surface area contributed by atoms with Crippen molar-refractivity contribution in [3.05, 3.63) is 101 Å². The van der Waals surface area contributed by atoms with Crippen LogP contribution < -0.4 is 9.64 Å². The van der Waals surface area contributed by atoms with Crippen molar-refractivity contribution in [3.8, 4) is 5.75 Å². The second-order valence-electron chi connectivity index (χ2n) is 7.87. The molecule has 0 saturated carbocycles. The summed E-state index contributed by atoms with van der Waals surface area (Å²) < 4.78 is 34.2. The van der Waals surface area contributed by atoms with Gasteiger partial charge in [-0.2, -0.15) is 0 Å². The van der Waals surface area contributed by atoms with Crippen LogP contribution in [-0.4, -0.2) is 22.9 Å². The molecule has 3 aromatic rings. The maximum atomic E-state index is 14.6. The maximum Gasteiger partial charge on any atom is 0.300 e. The van der Waals surface area contributed by atoms with Crippen LogP contribution in [0.25, 0.3) is 5.76 Å². The van der Waals surface area contributed by atoms with Crippen molar-refractivity contribution in [1.82, 2.24) is 0 Å². The first kappa shape index (κ1) is 22.2. The summed E-state index contributed by atoms with van der Waals surface area (Å²) in [6.45, 7) is 3.75. The van der Waals surface area contributed by atoms with Gasteiger partial charge in [0.05, 0.1) is 23.4 Å². The lowest BCUT2D eigenvalue weighted by Gasteiger charge is -2.25. The van der Waals surface area contributed by atoms with Gasteiger partial charge in [0.2, 0.25) is 0 Å². The Morgan fingerprint density at radius 2 is 1.64 bits per heavy atom. The molecule has 1 unspecified atom stereocenters. The summed E-state index contributed by atoms with van der Waals surface area (Å²) >= 11 is 0. The van der Waals surface area contributed by atoms with Crippen LogP contribution in [0.4, 0.5) is 14.5 Å². The first-order valence-electron chi connectivity index (χ1n) is 10.4. The minimum absolute atomic E-state index is 0.0472. The number of amides is 1. The summed E-state index contributed by atoms with van der Waals surface area (Å²) in [5.41, 5.74) is 0.143. The predicted octanol–water partition coefficient (Wildman–Crippen LogP) is 5.38. The van der Waals surface area contributed by atoms with Gasteiger partial charge in [-0.25, -0.2) is 8.78 Å². The normalized spacial score (nSPS) is 17.6. The lowest BCUT2D eigenvalue weighted by molar-refractivity contribution is -0.132. The molecule has 1 saturated heterocycles. The molecule has 1 atom stereocenters. The van der Waals surface area contributed by atoms with Crippen molar-refractivity contribution in [2.75, 3.05) is 4.90 Å². The number of ether oxygens (including phenoxy) is 1. The van der Waals surface area contributed by atoms with Gasteiger partial charge >= 0.3 is 0 Å². The van der Waals surface area contributed by atoms with Crippen LogP contribution in [0.1, 0.15) is 31.0 Å². The highest BCUT2D eigenvalue weighted by molar-refractivity contribution is 6.51. The van der Waals surface area contributed by atoms with E-state index in [-0.39, 0.29) is 22.9 Å². The van der Waals surface area contributed by atoms with Crippen LogP contribution in [0.3, 0.4) is 0 Å². The van der Waals surface area contributed by atoms with Gasteiger partial charge in [0.15, 0.2) is 0 Å². The van der Waals surface area contributed by atoms with Crippen LogP contribution in [0.5, 0.6) is 5.75 Å². The average molecular weight is 449 g/mol. The van der Waals surface area contributed by atoms with E-state index in [9.17, 15) is 23.5 Å². The largest absolute Gasteiger partial charge is 0.507 e. The van der Waals surface area contributed by atoms with E-state index >= 15 is 0 Å². The Morgan fingerprint density at radius 1 is 0.970 bits per heavy atom. The third kappa shape index (κ3) is 4.22. The summed E-state index contributed by atoms with van der Waals surface area (Å²) in [5, 5.41) is 11.1. The fourth-order valence-electron chi connectivity index (χ4n) is 3.82. The van der Waals surface area contributed by atoms with Crippen molar-refractivity contribution in [3.63, 3.8) is 0 Å². The molecule has 0 radical (unpaired) electrons. The van der Waals surface area contributed by atoms with Gasteiger partial charge in [-0.1, -0.05) is 30.3 Å². The molecule has 168 valence electrons. The Hall–Kier alpha value is -4.00. The number of aliphatic hydroxyl groups is 1. The summed E-state index contributed by atoms with van der Waals surface area (Å²) in [6.07, 6.45) is -0.0472. The first-order valence-corrected chi connectivity index (χ1v) is 10.4. The van der Waals surface area contributed by atoms with Gasteiger partial charge in [0, 0.05) is 11.6 Å². The summed E-state index contributed by atoms with van der Waals surface area (Å²) in [6, 6.07) is 16.3. The zero-order valence-electron chi connectivity index (χ0n) is 18.0. The van der Waals surface area contributed by atoms with Crippen molar-refractivity contribution >= 4 is 23.1 Å². The number of hydrogen-bond acceptors (Lipinski definition) is 4. The number of ketones is 1. The van der Waals surface area contributed by atoms with Gasteiger partial charge < -0.3 is 9.84 Å². The molecule has 3 aromatic carbocycles. The Balaban J connectivity index is 1.88. The first-order chi connectivity index (χ1) is 15.8. The molecular formula is C26H21F2NO4. The zero-order chi connectivity index (χ0) is 23.7. The number of Topliss-reactive ketones (excluding diaryl/α,β-unsaturated/α-hetero) is 1. The molecule has 0 aliphatic carbocycles. The van der Waals surface area contributed by atoms with E-state index in [0.29, 0.717) is 11.3 Å². The molecule has 1 aliphatic heterocycles. The minimum Gasteiger partial charge on any atom is -0.507 e. The average Bonchev–Trinajstić information content (AvgIpc) is 3.06. The van der Waals surface area contributed by atoms with Crippen molar-refractivity contribution in [2.45, 2.75) is 26.0 Å². The third-order valence-electron chi connectivity index (χ3n) is 5.23. The van der Waals surface area contributed by atoms with E-state index in [0.717, 1.165) is 23.1 Å². The lowest BCUT2D eigenvalue weighted by atomic mass is 9.95. The number of anilines is 1. The molecule has 0 aromatic heterocycles. The SMILES string of the molecule is CC(C)Oc1ccc(/C(O)=C2\C(=O)C(=O)N(c3cc(F)ccc3F)C2c2ccccc2)cc1. The Kier molecular flexibility index (Phi) is 5.96. The van der Waals surface area contributed by atoms with E-state index in [1.54, 1.807) is 54.6 Å². The molecule has 1 amide bonds. The Labute approximate surface area is 189 Å². The van der Waals surface area contributed by atoms with E-state index in [1.807, 2.05) is 13.8 Å². The number of benzene rings is 3. The highest BCUT2D eigenvalue weighted by Gasteiger charge is 2.47. The van der Waals surface area contributed by atoms with Crippen LogP contribution in [-0.2, 0) is 9.59 Å². The number of aliphatic hydroxyl groups excluding tert-OH is 1. The van der Waals surface area contributed by atoms with Gasteiger partial charge in [-0.3, -0.25) is 14.5 Å². The van der Waals surface area contributed by atoms with E-state index in [2.05, 4.69) is 0 Å². The second kappa shape index (κ2) is 8.86. The number of nitrogens with zero attached hydrogens (tertiary/aromatic N) is 1. The molecular weight excluding hydrogens is 428 g/mol. The molecule has 1 heterocycles. The highest BCUT2D eigenvalue weighted by atomic mass is 19.1. The molecule has 0 spiro atoms. The van der Waals surface area contributed by atoms with E-state index < -0.39 is 35.1 Å². The van der Waals surface area contributed by atoms with Crippen molar-refractivity contribution in [1.29, 1.82) is 0 Å². The number of hydrogen-bond donors (Lipinski definition) is 1. The molecule has 7 heteroatoms. The third-order valence-corrected chi connectivity index (χ3v) is 5.23. The summed E-state index contributed by atoms with van der Waals surface area (Å²) in [5.74, 6) is -3.53. The zero-order valence-corrected chi connectivity index (χ0v) is 18.0. The second-order valence-corrected chi connectivity index (χ2v) is 7.87. The Morgan fingerprint density at radius 3 is 2.27 bits per heavy atom. The van der Waals surface area contributed by atoms with Crippen LogP contribution >= 0.6 is 0 Å². The standard InChI is InChI=1S/C26H21F2NO4/c1-15(2)33-19-11-8-17(9-12-19)24(30)22-23(16-6-4-3-5-7-16)29(26(32)25(22)31)21-14-18(27)10-13-20(21)28/h3-15,23,30H,1-2H3/b24-22+. The van der Waals surface area contributed by atoms with E-state index in [1.165, 1.54) is 0 Å². The van der Waals surface area contributed by atoms with Gasteiger partial charge in [-0.05, 0) is 55.8 Å². The lowest BCUT2D eigenvalue weighted by Crippen LogP contribution is -2.30. The van der Waals surface area contributed by atoms with Crippen LogP contribution in [0.2, 0.25) is 0 Å². The van der Waals surface area contributed by atoms with Gasteiger partial charge in [0.25, 0.3) is 11.7 Å². The van der Waals surface area contributed by atoms with Crippen LogP contribution in [0, 0.1) is 11.6 Å². The van der Waals surface area contributed by atoms with Crippen molar-refractivity contribution < 1.29 is 28.2 Å². The number of carbonyl (C=O) groups excluding carboxylic acids is 2. The molecule has 1 N–H and O–H groups in total. The van der Waals surface area contributed by atoms with E-state index in [4.69, 9.17) is 4.74 Å². The van der Waals surface area contributed by atoms with Gasteiger partial charge in [-0.15, -0.1) is 0 Å². The van der Waals surface area contributed by atoms with Gasteiger partial charge in [0.1, 0.15) is 23.1 Å². The minimum atomic E-state index is -1.14. The monoisotopic (exact) mass is 449 g/mol. The number of rotatable bonds is 5. The smallest absolute Gasteiger partial charge is 0.300 e. The Bertz CT molecular complexity index is 1240. The molecule has 33 heavy (non-hydrogen) atoms. The number of carbonyl (C=O) groups is 2. The number of halogens is 2. The molecule has 1 fully saturated rings. The quantitative estimate of drug-likeness (QED) is 0.323. The molecule has 0 bridgehead atoms. The molecule has 4 rings (SSSR count). The summed E-state index contributed by atoms with van der Waals surface area (Å²) in [7, 11) is 0. The van der Waals surface area contributed by atoms with Crippen molar-refractivity contribution in [2.24, 2.45) is 0 Å². The molecule has 1 aliphatic rings. The maximum absolute atomic E-state index is 14.6. The predicted molar refractivity (Wildman–Crippen MR) is 120 cm³/mol. The fraction of sp³-hybridized carbons (Fsp3) is 0.154.